The Morgan fingerprint density at radius 1 is 1.27 bits per heavy atom. The molecule has 3 heterocycles. The molecule has 0 amide bonds. The zero-order valence-electron chi connectivity index (χ0n) is 6.53. The Labute approximate surface area is 66.2 Å². The Morgan fingerprint density at radius 3 is 3.27 bits per heavy atom. The lowest BCUT2D eigenvalue weighted by molar-refractivity contribution is -0.147. The molecule has 0 saturated carbocycles. The fourth-order valence-electron chi connectivity index (χ4n) is 2.46. The van der Waals surface area contributed by atoms with Crippen molar-refractivity contribution in [2.24, 2.45) is 0 Å². The van der Waals surface area contributed by atoms with Crippen molar-refractivity contribution in [2.75, 3.05) is 13.2 Å². The van der Waals surface area contributed by atoms with Crippen LogP contribution in [-0.2, 0) is 9.57 Å². The lowest BCUT2D eigenvalue weighted by atomic mass is 10.1. The van der Waals surface area contributed by atoms with Gasteiger partial charge in [-0.3, -0.25) is 4.84 Å². The summed E-state index contributed by atoms with van der Waals surface area (Å²) in [6.07, 6.45) is 4.42. The van der Waals surface area contributed by atoms with Crippen LogP contribution < -0.4 is 0 Å². The smallest absolute Gasteiger partial charge is 0.109 e. The Kier molecular flexibility index (Phi) is 1.27. The highest BCUT2D eigenvalue weighted by Crippen LogP contribution is 2.36. The summed E-state index contributed by atoms with van der Waals surface area (Å²) in [6, 6.07) is 0.586. The fraction of sp³-hybridized carbons (Fsp3) is 1.00. The van der Waals surface area contributed by atoms with E-state index in [0.29, 0.717) is 18.2 Å². The van der Waals surface area contributed by atoms with Gasteiger partial charge in [0.25, 0.3) is 0 Å². The third-order valence-corrected chi connectivity index (χ3v) is 2.98. The Hall–Kier alpha value is -0.120. The third-order valence-electron chi connectivity index (χ3n) is 2.98. The van der Waals surface area contributed by atoms with Gasteiger partial charge in [-0.2, -0.15) is 5.06 Å². The molecule has 3 saturated heterocycles. The molecule has 0 unspecified atom stereocenters. The summed E-state index contributed by atoms with van der Waals surface area (Å²) in [7, 11) is 0. The predicted octanol–water partition coefficient (Wildman–Crippen LogP) is 0.554. The summed E-state index contributed by atoms with van der Waals surface area (Å²) >= 11 is 0. The highest BCUT2D eigenvalue weighted by Gasteiger charge is 2.48. The van der Waals surface area contributed by atoms with Gasteiger partial charge in [-0.05, 0) is 12.8 Å². The molecular weight excluding hydrogens is 142 g/mol. The second-order valence-electron chi connectivity index (χ2n) is 3.62. The van der Waals surface area contributed by atoms with Crippen LogP contribution in [0.3, 0.4) is 0 Å². The molecular formula is C8H13NO2. The van der Waals surface area contributed by atoms with E-state index in [9.17, 15) is 0 Å². The number of hydrogen-bond acceptors (Lipinski definition) is 3. The van der Waals surface area contributed by atoms with Crippen LogP contribution in [0.4, 0.5) is 0 Å². The van der Waals surface area contributed by atoms with Gasteiger partial charge >= 0.3 is 0 Å². The van der Waals surface area contributed by atoms with Gasteiger partial charge in [-0.25, -0.2) is 0 Å². The molecule has 3 rings (SSSR count). The van der Waals surface area contributed by atoms with E-state index in [0.717, 1.165) is 19.6 Å². The van der Waals surface area contributed by atoms with Crippen molar-refractivity contribution in [1.82, 2.24) is 5.06 Å². The van der Waals surface area contributed by atoms with Gasteiger partial charge < -0.3 is 4.74 Å². The van der Waals surface area contributed by atoms with E-state index >= 15 is 0 Å². The molecule has 3 heteroatoms. The molecule has 0 aromatic carbocycles. The minimum atomic E-state index is 0.389. The third kappa shape index (κ3) is 0.789. The normalized spacial score (nSPS) is 49.6. The second-order valence-corrected chi connectivity index (χ2v) is 3.62. The molecule has 3 aliphatic heterocycles. The molecule has 0 N–H and O–H groups in total. The summed E-state index contributed by atoms with van der Waals surface area (Å²) in [6.45, 7) is 2.01. The SMILES string of the molecule is C1C[C@@H]2[C@H]3OCC[C@H]3ON2C1. The largest absolute Gasteiger partial charge is 0.374 e. The summed E-state index contributed by atoms with van der Waals surface area (Å²) in [5.41, 5.74) is 0. The molecule has 0 bridgehead atoms. The van der Waals surface area contributed by atoms with Gasteiger partial charge in [0, 0.05) is 19.6 Å². The molecule has 0 aromatic heterocycles. The van der Waals surface area contributed by atoms with Gasteiger partial charge in [0.1, 0.15) is 12.2 Å². The van der Waals surface area contributed by atoms with Crippen LogP contribution in [0.5, 0.6) is 0 Å². The molecule has 3 atom stereocenters. The average Bonchev–Trinajstić information content (AvgIpc) is 2.52. The molecule has 0 aromatic rings. The first kappa shape index (κ1) is 6.40. The molecule has 62 valence electrons. The molecule has 0 spiro atoms. The van der Waals surface area contributed by atoms with Crippen LogP contribution in [0.2, 0.25) is 0 Å². The van der Waals surface area contributed by atoms with Crippen LogP contribution in [0.1, 0.15) is 19.3 Å². The van der Waals surface area contributed by atoms with E-state index in [1.807, 2.05) is 0 Å². The van der Waals surface area contributed by atoms with Gasteiger partial charge in [0.05, 0.1) is 6.04 Å². The Balaban J connectivity index is 1.84. The van der Waals surface area contributed by atoms with Crippen LogP contribution in [0.15, 0.2) is 0 Å². The summed E-state index contributed by atoms with van der Waals surface area (Å²) in [4.78, 5) is 5.72. The lowest BCUT2D eigenvalue weighted by Gasteiger charge is -2.15. The highest BCUT2D eigenvalue weighted by molar-refractivity contribution is 4.94. The van der Waals surface area contributed by atoms with E-state index in [1.54, 1.807) is 0 Å². The van der Waals surface area contributed by atoms with E-state index < -0.39 is 0 Å². The van der Waals surface area contributed by atoms with Gasteiger partial charge in [-0.15, -0.1) is 0 Å². The molecule has 11 heavy (non-hydrogen) atoms. The van der Waals surface area contributed by atoms with Crippen LogP contribution in [0.25, 0.3) is 0 Å². The summed E-state index contributed by atoms with van der Waals surface area (Å²) < 4.78 is 5.62. The molecule has 3 aliphatic rings. The van der Waals surface area contributed by atoms with Crippen molar-refractivity contribution in [3.8, 4) is 0 Å². The van der Waals surface area contributed by atoms with Crippen molar-refractivity contribution in [3.05, 3.63) is 0 Å². The summed E-state index contributed by atoms with van der Waals surface area (Å²) in [5, 5.41) is 2.13. The van der Waals surface area contributed by atoms with Crippen LogP contribution in [-0.4, -0.2) is 36.5 Å². The first-order valence-electron chi connectivity index (χ1n) is 4.50. The first-order valence-corrected chi connectivity index (χ1v) is 4.50. The van der Waals surface area contributed by atoms with Crippen LogP contribution >= 0.6 is 0 Å². The van der Waals surface area contributed by atoms with Crippen molar-refractivity contribution in [3.63, 3.8) is 0 Å². The minimum Gasteiger partial charge on any atom is -0.374 e. The molecule has 3 fully saturated rings. The zero-order chi connectivity index (χ0) is 7.26. The predicted molar refractivity (Wildman–Crippen MR) is 39.0 cm³/mol. The standard InChI is InChI=1S/C8H13NO2/c1-2-6-8-7(3-5-10-8)11-9(6)4-1/h6-8H,1-5H2/t6-,7-,8-/m1/s1. The molecule has 0 radical (unpaired) electrons. The zero-order valence-corrected chi connectivity index (χ0v) is 6.53. The maximum atomic E-state index is 5.72. The monoisotopic (exact) mass is 155 g/mol. The van der Waals surface area contributed by atoms with Gasteiger partial charge in [0.15, 0.2) is 0 Å². The number of hydrogen-bond donors (Lipinski definition) is 0. The quantitative estimate of drug-likeness (QED) is 0.510. The van der Waals surface area contributed by atoms with E-state index in [4.69, 9.17) is 9.57 Å². The lowest BCUT2D eigenvalue weighted by Crippen LogP contribution is -2.30. The number of ether oxygens (including phenoxy) is 1. The second kappa shape index (κ2) is 2.19. The van der Waals surface area contributed by atoms with Crippen molar-refractivity contribution < 1.29 is 9.57 Å². The number of rotatable bonds is 0. The van der Waals surface area contributed by atoms with Crippen molar-refractivity contribution >= 4 is 0 Å². The highest BCUT2D eigenvalue weighted by atomic mass is 16.7. The summed E-state index contributed by atoms with van der Waals surface area (Å²) in [5.74, 6) is 0. The number of hydroxylamine groups is 2. The van der Waals surface area contributed by atoms with Crippen molar-refractivity contribution in [2.45, 2.75) is 37.5 Å². The van der Waals surface area contributed by atoms with E-state index in [1.165, 1.54) is 12.8 Å². The van der Waals surface area contributed by atoms with E-state index in [2.05, 4.69) is 5.06 Å². The van der Waals surface area contributed by atoms with E-state index in [-0.39, 0.29) is 0 Å². The van der Waals surface area contributed by atoms with Crippen molar-refractivity contribution in [1.29, 1.82) is 0 Å². The minimum absolute atomic E-state index is 0.389. The Bertz CT molecular complexity index is 155. The van der Waals surface area contributed by atoms with Gasteiger partial charge in [0.2, 0.25) is 0 Å². The maximum absolute atomic E-state index is 5.72. The number of nitrogens with zero attached hydrogens (tertiary/aromatic N) is 1. The number of fused-ring (bicyclic) bond motifs is 3. The topological polar surface area (TPSA) is 21.7 Å². The molecule has 3 nitrogen and oxygen atoms in total. The maximum Gasteiger partial charge on any atom is 0.109 e. The van der Waals surface area contributed by atoms with Crippen LogP contribution in [0, 0.1) is 0 Å². The average molecular weight is 155 g/mol. The Morgan fingerprint density at radius 2 is 2.27 bits per heavy atom. The first-order chi connectivity index (χ1) is 5.45. The fourth-order valence-corrected chi connectivity index (χ4v) is 2.46. The van der Waals surface area contributed by atoms with Gasteiger partial charge in [-0.1, -0.05) is 0 Å². The molecule has 0 aliphatic carbocycles.